The van der Waals surface area contributed by atoms with Gasteiger partial charge in [0.1, 0.15) is 11.7 Å². The minimum Gasteiger partial charge on any atom is -0.355 e. The molecule has 158 valence electrons. The van der Waals surface area contributed by atoms with Gasteiger partial charge in [0.2, 0.25) is 5.91 Å². The van der Waals surface area contributed by atoms with Gasteiger partial charge in [-0.1, -0.05) is 11.6 Å². The quantitative estimate of drug-likeness (QED) is 0.449. The second kappa shape index (κ2) is 7.02. The van der Waals surface area contributed by atoms with E-state index in [0.717, 1.165) is 0 Å². The van der Waals surface area contributed by atoms with Crippen molar-refractivity contribution >= 4 is 45.7 Å². The number of pyridine rings is 1. The maximum Gasteiger partial charge on any atom is 0.256 e. The molecule has 3 N–H and O–H groups in total. The van der Waals surface area contributed by atoms with E-state index in [2.05, 4.69) is 25.9 Å². The number of carbonyl (C=O) groups is 2. The molecule has 0 saturated heterocycles. The molecule has 3 heterocycles. The number of halogens is 3. The Morgan fingerprint density at radius 1 is 1.35 bits per heavy atom. The summed E-state index contributed by atoms with van der Waals surface area (Å²) in [6.45, 7) is 0. The third kappa shape index (κ3) is 3.10. The second-order valence-corrected chi connectivity index (χ2v) is 7.66. The molecule has 1 saturated carbocycles. The van der Waals surface area contributed by atoms with Crippen LogP contribution in [-0.2, 0) is 4.79 Å². The van der Waals surface area contributed by atoms with Crippen LogP contribution in [0.2, 0.25) is 5.02 Å². The lowest BCUT2D eigenvalue weighted by atomic mass is 9.98. The number of H-pyrrole nitrogens is 1. The standard InChI is InChI=1S/C20H15ClF2N6O2/c1-24-20(31)15-17(23)16(21)14(11-7-25-27-18(11)15)8-2-3-29-9(4-8)5-13(28-29)26-19(30)10-6-12(10)22/h2-5,7,10,12H,6H2,1H3,(H,24,31)(H,25,27)(H,26,28,30)/t10-,12+/m1/s1. The minimum absolute atomic E-state index is 0.215. The lowest BCUT2D eigenvalue weighted by Gasteiger charge is -2.12. The van der Waals surface area contributed by atoms with Crippen LogP contribution in [-0.4, -0.2) is 44.8 Å². The molecule has 2 amide bonds. The van der Waals surface area contributed by atoms with Gasteiger partial charge in [0, 0.05) is 30.3 Å². The smallest absolute Gasteiger partial charge is 0.256 e. The van der Waals surface area contributed by atoms with Gasteiger partial charge in [-0.2, -0.15) is 10.2 Å². The van der Waals surface area contributed by atoms with Crippen molar-refractivity contribution in [3.05, 3.63) is 47.0 Å². The van der Waals surface area contributed by atoms with Crippen LogP contribution in [0.1, 0.15) is 16.8 Å². The maximum absolute atomic E-state index is 15.0. The van der Waals surface area contributed by atoms with E-state index in [9.17, 15) is 14.0 Å². The average molecular weight is 445 g/mol. The molecular weight excluding hydrogens is 430 g/mol. The Morgan fingerprint density at radius 2 is 2.13 bits per heavy atom. The number of aromatic nitrogens is 4. The molecule has 5 rings (SSSR count). The normalized spacial score (nSPS) is 17.8. The van der Waals surface area contributed by atoms with Crippen LogP contribution in [0, 0.1) is 11.7 Å². The number of hydrogen-bond acceptors (Lipinski definition) is 4. The fraction of sp³-hybridized carbons (Fsp3) is 0.200. The molecule has 1 fully saturated rings. The zero-order chi connectivity index (χ0) is 21.9. The van der Waals surface area contributed by atoms with E-state index in [1.54, 1.807) is 24.4 Å². The molecule has 11 heteroatoms. The highest BCUT2D eigenvalue weighted by Crippen LogP contribution is 2.39. The number of benzene rings is 1. The molecular formula is C20H15ClF2N6O2. The summed E-state index contributed by atoms with van der Waals surface area (Å²) in [4.78, 5) is 24.1. The number of nitrogens with zero attached hydrogens (tertiary/aromatic N) is 3. The van der Waals surface area contributed by atoms with Crippen LogP contribution in [0.3, 0.4) is 0 Å². The third-order valence-electron chi connectivity index (χ3n) is 5.30. The lowest BCUT2D eigenvalue weighted by molar-refractivity contribution is -0.117. The SMILES string of the molecule is CNC(=O)c1c(F)c(Cl)c(-c2ccn3nc(NC(=O)[C@@H]4C[C@@H]4F)cc3c2)c2cn[nH]c12. The van der Waals surface area contributed by atoms with Gasteiger partial charge in [-0.25, -0.2) is 13.3 Å². The summed E-state index contributed by atoms with van der Waals surface area (Å²) < 4.78 is 29.6. The molecule has 8 nitrogen and oxygen atoms in total. The first-order chi connectivity index (χ1) is 14.9. The minimum atomic E-state index is -1.10. The van der Waals surface area contributed by atoms with Crippen LogP contribution < -0.4 is 10.6 Å². The van der Waals surface area contributed by atoms with Gasteiger partial charge in [0.25, 0.3) is 5.91 Å². The summed E-state index contributed by atoms with van der Waals surface area (Å²) in [5.74, 6) is -2.25. The largest absolute Gasteiger partial charge is 0.355 e. The van der Waals surface area contributed by atoms with E-state index >= 15 is 4.39 Å². The Hall–Kier alpha value is -3.53. The molecule has 0 aliphatic heterocycles. The van der Waals surface area contributed by atoms with Gasteiger partial charge in [-0.3, -0.25) is 14.7 Å². The summed E-state index contributed by atoms with van der Waals surface area (Å²) in [7, 11) is 1.40. The van der Waals surface area contributed by atoms with Crippen molar-refractivity contribution < 1.29 is 18.4 Å². The number of carbonyl (C=O) groups excluding carboxylic acids is 2. The molecule has 0 spiro atoms. The van der Waals surface area contributed by atoms with Crippen LogP contribution in [0.15, 0.2) is 30.6 Å². The van der Waals surface area contributed by atoms with Gasteiger partial charge in [-0.05, 0) is 24.1 Å². The number of alkyl halides is 1. The molecule has 0 radical (unpaired) electrons. The van der Waals surface area contributed by atoms with E-state index in [1.807, 2.05) is 0 Å². The number of rotatable bonds is 4. The van der Waals surface area contributed by atoms with E-state index in [1.165, 1.54) is 17.8 Å². The third-order valence-corrected chi connectivity index (χ3v) is 5.65. The van der Waals surface area contributed by atoms with Crippen LogP contribution in [0.5, 0.6) is 0 Å². The van der Waals surface area contributed by atoms with Crippen molar-refractivity contribution in [1.29, 1.82) is 0 Å². The first-order valence-corrected chi connectivity index (χ1v) is 9.77. The Bertz CT molecular complexity index is 1380. The molecule has 2 atom stereocenters. The maximum atomic E-state index is 15.0. The van der Waals surface area contributed by atoms with Gasteiger partial charge in [-0.15, -0.1) is 0 Å². The zero-order valence-corrected chi connectivity index (χ0v) is 16.8. The Kier molecular flexibility index (Phi) is 4.40. The van der Waals surface area contributed by atoms with Gasteiger partial charge in [0.15, 0.2) is 11.6 Å². The fourth-order valence-electron chi connectivity index (χ4n) is 3.60. The summed E-state index contributed by atoms with van der Waals surface area (Å²) in [5.41, 5.74) is 1.54. The fourth-order valence-corrected chi connectivity index (χ4v) is 3.90. The summed E-state index contributed by atoms with van der Waals surface area (Å²) >= 11 is 6.34. The van der Waals surface area contributed by atoms with Gasteiger partial charge < -0.3 is 10.6 Å². The van der Waals surface area contributed by atoms with Crippen molar-refractivity contribution in [3.8, 4) is 11.1 Å². The number of nitrogens with one attached hydrogen (secondary N) is 3. The molecule has 31 heavy (non-hydrogen) atoms. The van der Waals surface area contributed by atoms with E-state index in [4.69, 9.17) is 11.6 Å². The lowest BCUT2D eigenvalue weighted by Crippen LogP contribution is -2.20. The molecule has 1 aliphatic rings. The van der Waals surface area contributed by atoms with Crippen LogP contribution in [0.25, 0.3) is 27.5 Å². The van der Waals surface area contributed by atoms with Crippen molar-refractivity contribution in [1.82, 2.24) is 25.1 Å². The monoisotopic (exact) mass is 444 g/mol. The Balaban J connectivity index is 1.59. The van der Waals surface area contributed by atoms with Crippen LogP contribution in [0.4, 0.5) is 14.6 Å². The molecule has 0 unspecified atom stereocenters. The highest BCUT2D eigenvalue weighted by molar-refractivity contribution is 6.36. The molecule has 0 bridgehead atoms. The number of aromatic amines is 1. The predicted molar refractivity (Wildman–Crippen MR) is 110 cm³/mol. The van der Waals surface area contributed by atoms with Crippen molar-refractivity contribution in [3.63, 3.8) is 0 Å². The number of hydrogen-bond donors (Lipinski definition) is 3. The van der Waals surface area contributed by atoms with Gasteiger partial charge >= 0.3 is 0 Å². The van der Waals surface area contributed by atoms with Crippen LogP contribution >= 0.6 is 11.6 Å². The number of fused-ring (bicyclic) bond motifs is 2. The molecule has 4 aromatic rings. The topological polar surface area (TPSA) is 104 Å². The summed E-state index contributed by atoms with van der Waals surface area (Å²) in [5, 5.41) is 16.1. The zero-order valence-electron chi connectivity index (χ0n) is 16.0. The molecule has 3 aromatic heterocycles. The van der Waals surface area contributed by atoms with E-state index in [-0.39, 0.29) is 28.3 Å². The second-order valence-electron chi connectivity index (χ2n) is 7.28. The highest BCUT2D eigenvalue weighted by atomic mass is 35.5. The number of anilines is 1. The Labute approximate surface area is 178 Å². The summed E-state index contributed by atoms with van der Waals surface area (Å²) in [6, 6.07) is 5.01. The van der Waals surface area contributed by atoms with E-state index in [0.29, 0.717) is 22.0 Å². The number of amides is 2. The first kappa shape index (κ1) is 19.4. The van der Waals surface area contributed by atoms with Crippen molar-refractivity contribution in [2.75, 3.05) is 12.4 Å². The van der Waals surface area contributed by atoms with Crippen molar-refractivity contribution in [2.24, 2.45) is 5.92 Å². The van der Waals surface area contributed by atoms with Crippen molar-refractivity contribution in [2.45, 2.75) is 12.6 Å². The first-order valence-electron chi connectivity index (χ1n) is 9.40. The highest BCUT2D eigenvalue weighted by Gasteiger charge is 2.43. The summed E-state index contributed by atoms with van der Waals surface area (Å²) in [6.07, 6.45) is 2.22. The predicted octanol–water partition coefficient (Wildman–Crippen LogP) is 3.33. The molecule has 1 aliphatic carbocycles. The molecule has 1 aromatic carbocycles. The average Bonchev–Trinajstić information content (AvgIpc) is 3.12. The Morgan fingerprint density at radius 3 is 2.84 bits per heavy atom. The van der Waals surface area contributed by atoms with E-state index < -0.39 is 29.7 Å². The van der Waals surface area contributed by atoms with Gasteiger partial charge in [0.05, 0.1) is 28.2 Å².